The Morgan fingerprint density at radius 1 is 1.20 bits per heavy atom. The van der Waals surface area contributed by atoms with Crippen molar-refractivity contribution in [1.82, 2.24) is 0 Å². The highest BCUT2D eigenvalue weighted by Gasteiger charge is 2.15. The Balaban J connectivity index is 2.41. The SMILES string of the molecule is Fc1ccc(F)c(C(Br)c2ccsc2)c1. The fourth-order valence-electron chi connectivity index (χ4n) is 1.31. The van der Waals surface area contributed by atoms with Crippen molar-refractivity contribution in [3.8, 4) is 0 Å². The van der Waals surface area contributed by atoms with Gasteiger partial charge in [0.25, 0.3) is 0 Å². The number of halogens is 3. The molecule has 1 aromatic heterocycles. The zero-order valence-corrected chi connectivity index (χ0v) is 9.99. The second-order valence-corrected chi connectivity index (χ2v) is 4.78. The molecular formula is C11H7BrF2S. The van der Waals surface area contributed by atoms with E-state index in [1.807, 2.05) is 16.8 Å². The second-order valence-electron chi connectivity index (χ2n) is 3.09. The van der Waals surface area contributed by atoms with Gasteiger partial charge in [-0.3, -0.25) is 0 Å². The van der Waals surface area contributed by atoms with Gasteiger partial charge in [-0.2, -0.15) is 11.3 Å². The van der Waals surface area contributed by atoms with Crippen molar-refractivity contribution in [2.45, 2.75) is 4.83 Å². The quantitative estimate of drug-likeness (QED) is 0.713. The summed E-state index contributed by atoms with van der Waals surface area (Å²) in [6.07, 6.45) is 0. The third-order valence-electron chi connectivity index (χ3n) is 2.07. The predicted molar refractivity (Wildman–Crippen MR) is 61.4 cm³/mol. The topological polar surface area (TPSA) is 0 Å². The van der Waals surface area contributed by atoms with Gasteiger partial charge in [0.1, 0.15) is 11.6 Å². The maximum atomic E-state index is 13.4. The predicted octanol–water partition coefficient (Wildman–Crippen LogP) is 4.51. The average molecular weight is 289 g/mol. The fourth-order valence-corrected chi connectivity index (χ4v) is 2.80. The zero-order chi connectivity index (χ0) is 10.8. The second kappa shape index (κ2) is 4.41. The van der Waals surface area contributed by atoms with Gasteiger partial charge >= 0.3 is 0 Å². The Labute approximate surface area is 98.7 Å². The van der Waals surface area contributed by atoms with Gasteiger partial charge in [-0.25, -0.2) is 8.78 Å². The van der Waals surface area contributed by atoms with E-state index < -0.39 is 11.6 Å². The molecule has 4 heteroatoms. The summed E-state index contributed by atoms with van der Waals surface area (Å²) in [7, 11) is 0. The van der Waals surface area contributed by atoms with Crippen molar-refractivity contribution in [2.24, 2.45) is 0 Å². The molecule has 0 bridgehead atoms. The molecule has 0 saturated carbocycles. The van der Waals surface area contributed by atoms with Gasteiger partial charge < -0.3 is 0 Å². The normalized spacial score (nSPS) is 12.7. The number of thiophene rings is 1. The van der Waals surface area contributed by atoms with Crippen LogP contribution in [0, 0.1) is 11.6 Å². The van der Waals surface area contributed by atoms with E-state index in [0.29, 0.717) is 5.56 Å². The lowest BCUT2D eigenvalue weighted by Crippen LogP contribution is -1.96. The van der Waals surface area contributed by atoms with Gasteiger partial charge in [0.05, 0.1) is 4.83 Å². The van der Waals surface area contributed by atoms with Crippen molar-refractivity contribution >= 4 is 27.3 Å². The van der Waals surface area contributed by atoms with E-state index >= 15 is 0 Å². The molecule has 0 fully saturated rings. The average Bonchev–Trinajstić information content (AvgIpc) is 2.74. The first-order valence-corrected chi connectivity index (χ1v) is 6.15. The van der Waals surface area contributed by atoms with Gasteiger partial charge in [-0.05, 0) is 40.6 Å². The van der Waals surface area contributed by atoms with Crippen LogP contribution in [0.4, 0.5) is 8.78 Å². The van der Waals surface area contributed by atoms with Crippen LogP contribution in [0.25, 0.3) is 0 Å². The van der Waals surface area contributed by atoms with Crippen molar-refractivity contribution in [1.29, 1.82) is 0 Å². The maximum absolute atomic E-state index is 13.4. The Morgan fingerprint density at radius 2 is 2.00 bits per heavy atom. The first-order valence-electron chi connectivity index (χ1n) is 4.29. The Bertz CT molecular complexity index is 454. The summed E-state index contributed by atoms with van der Waals surface area (Å²) >= 11 is 4.88. The smallest absolute Gasteiger partial charge is 0.128 e. The van der Waals surface area contributed by atoms with Crippen LogP contribution in [0.15, 0.2) is 35.0 Å². The first kappa shape index (κ1) is 10.8. The van der Waals surface area contributed by atoms with Crippen LogP contribution in [0.1, 0.15) is 16.0 Å². The molecule has 0 radical (unpaired) electrons. The number of alkyl halides is 1. The molecule has 0 aliphatic rings. The summed E-state index contributed by atoms with van der Waals surface area (Å²) in [5.74, 6) is -0.824. The molecule has 0 aliphatic carbocycles. The van der Waals surface area contributed by atoms with E-state index in [4.69, 9.17) is 0 Å². The number of benzene rings is 1. The lowest BCUT2D eigenvalue weighted by Gasteiger charge is -2.09. The number of hydrogen-bond donors (Lipinski definition) is 0. The molecule has 1 atom stereocenters. The van der Waals surface area contributed by atoms with Gasteiger partial charge in [-0.15, -0.1) is 0 Å². The summed E-state index contributed by atoms with van der Waals surface area (Å²) < 4.78 is 26.4. The van der Waals surface area contributed by atoms with Gasteiger partial charge in [0, 0.05) is 5.56 Å². The van der Waals surface area contributed by atoms with Crippen LogP contribution >= 0.6 is 27.3 Å². The zero-order valence-electron chi connectivity index (χ0n) is 7.58. The molecule has 1 heterocycles. The molecule has 15 heavy (non-hydrogen) atoms. The van der Waals surface area contributed by atoms with Crippen LogP contribution in [0.5, 0.6) is 0 Å². The molecule has 1 aromatic carbocycles. The van der Waals surface area contributed by atoms with Crippen LogP contribution in [0.3, 0.4) is 0 Å². The van der Waals surface area contributed by atoms with Gasteiger partial charge in [-0.1, -0.05) is 15.9 Å². The largest absolute Gasteiger partial charge is 0.207 e. The van der Waals surface area contributed by atoms with E-state index in [9.17, 15) is 8.78 Å². The van der Waals surface area contributed by atoms with E-state index in [2.05, 4.69) is 15.9 Å². The fraction of sp³-hybridized carbons (Fsp3) is 0.0909. The van der Waals surface area contributed by atoms with Crippen molar-refractivity contribution < 1.29 is 8.78 Å². The first-order chi connectivity index (χ1) is 7.18. The molecule has 0 aliphatic heterocycles. The molecule has 0 nitrogen and oxygen atoms in total. The number of hydrogen-bond acceptors (Lipinski definition) is 1. The van der Waals surface area contributed by atoms with Crippen molar-refractivity contribution in [3.63, 3.8) is 0 Å². The maximum Gasteiger partial charge on any atom is 0.128 e. The minimum Gasteiger partial charge on any atom is -0.207 e. The van der Waals surface area contributed by atoms with E-state index in [1.165, 1.54) is 17.4 Å². The highest BCUT2D eigenvalue weighted by atomic mass is 79.9. The summed E-state index contributed by atoms with van der Waals surface area (Å²) in [4.78, 5) is -0.292. The molecule has 0 N–H and O–H groups in total. The lowest BCUT2D eigenvalue weighted by molar-refractivity contribution is 0.588. The summed E-state index contributed by atoms with van der Waals surface area (Å²) in [6.45, 7) is 0. The lowest BCUT2D eigenvalue weighted by atomic mass is 10.1. The van der Waals surface area contributed by atoms with Gasteiger partial charge in [0.2, 0.25) is 0 Å². The highest BCUT2D eigenvalue weighted by molar-refractivity contribution is 9.09. The molecule has 0 spiro atoms. The molecule has 78 valence electrons. The van der Waals surface area contributed by atoms with Crippen molar-refractivity contribution in [3.05, 3.63) is 57.8 Å². The Morgan fingerprint density at radius 3 is 2.67 bits per heavy atom. The third kappa shape index (κ3) is 2.26. The summed E-state index contributed by atoms with van der Waals surface area (Å²) in [5, 5.41) is 3.81. The molecular weight excluding hydrogens is 282 g/mol. The van der Waals surface area contributed by atoms with Crippen LogP contribution < -0.4 is 0 Å². The number of rotatable bonds is 2. The van der Waals surface area contributed by atoms with Gasteiger partial charge in [0.15, 0.2) is 0 Å². The van der Waals surface area contributed by atoms with E-state index in [-0.39, 0.29) is 4.83 Å². The highest BCUT2D eigenvalue weighted by Crippen LogP contribution is 2.33. The molecule has 0 amide bonds. The van der Waals surface area contributed by atoms with Crippen LogP contribution in [0.2, 0.25) is 0 Å². The van der Waals surface area contributed by atoms with E-state index in [1.54, 1.807) is 0 Å². The molecule has 2 rings (SSSR count). The van der Waals surface area contributed by atoms with E-state index in [0.717, 1.165) is 17.7 Å². The molecule has 2 aromatic rings. The Hall–Kier alpha value is -0.740. The Kier molecular flexibility index (Phi) is 3.17. The van der Waals surface area contributed by atoms with Crippen LogP contribution in [-0.2, 0) is 0 Å². The minimum atomic E-state index is -0.425. The third-order valence-corrected chi connectivity index (χ3v) is 3.79. The summed E-state index contributed by atoms with van der Waals surface area (Å²) in [6, 6.07) is 5.36. The standard InChI is InChI=1S/C11H7BrF2S/c12-11(7-3-4-15-6-7)9-5-8(13)1-2-10(9)14/h1-6,11H. The molecule has 1 unspecified atom stereocenters. The minimum absolute atomic E-state index is 0.292. The van der Waals surface area contributed by atoms with Crippen molar-refractivity contribution in [2.75, 3.05) is 0 Å². The van der Waals surface area contributed by atoms with Crippen LogP contribution in [-0.4, -0.2) is 0 Å². The molecule has 0 saturated heterocycles. The summed E-state index contributed by atoms with van der Waals surface area (Å²) in [5.41, 5.74) is 1.26. The monoisotopic (exact) mass is 288 g/mol.